The summed E-state index contributed by atoms with van der Waals surface area (Å²) in [5.74, 6) is 1.22. The number of amidine groups is 1. The van der Waals surface area contributed by atoms with Gasteiger partial charge in [0.15, 0.2) is 18.3 Å². The second-order valence-electron chi connectivity index (χ2n) is 3.22. The van der Waals surface area contributed by atoms with Gasteiger partial charge in [0.05, 0.1) is 5.41 Å². The van der Waals surface area contributed by atoms with E-state index in [0.717, 1.165) is 0 Å². The molecule has 13 heavy (non-hydrogen) atoms. The molecule has 0 aliphatic carbocycles. The molecular weight excluding hydrogens is 170 g/mol. The number of azo groups is 1. The molecule has 68 valence electrons. The van der Waals surface area contributed by atoms with Crippen LogP contribution in [-0.2, 0) is 5.41 Å². The van der Waals surface area contributed by atoms with Gasteiger partial charge in [-0.05, 0) is 13.8 Å². The molecular formula is C6H9N7. The number of nitrogens with one attached hydrogen (secondary N) is 1. The van der Waals surface area contributed by atoms with Gasteiger partial charge in [-0.2, -0.15) is 10.3 Å². The maximum atomic E-state index is 4.12. The molecule has 0 bridgehead atoms. The number of rotatable bonds is 2. The Morgan fingerprint density at radius 2 is 2.23 bits per heavy atom. The van der Waals surface area contributed by atoms with Crippen molar-refractivity contribution < 1.29 is 0 Å². The summed E-state index contributed by atoms with van der Waals surface area (Å²) in [5.41, 5.74) is -0.424. The fourth-order valence-corrected chi connectivity index (χ4v) is 1.08. The zero-order valence-electron chi connectivity index (χ0n) is 7.39. The van der Waals surface area contributed by atoms with E-state index in [1.54, 1.807) is 0 Å². The molecule has 0 atom stereocenters. The van der Waals surface area contributed by atoms with Crippen molar-refractivity contribution in [2.24, 2.45) is 15.2 Å². The summed E-state index contributed by atoms with van der Waals surface area (Å²) in [7, 11) is 0. The second-order valence-corrected chi connectivity index (χ2v) is 3.22. The topological polar surface area (TPSA) is 91.5 Å². The average Bonchev–Trinajstić information content (AvgIpc) is 2.78. The lowest BCUT2D eigenvalue weighted by Crippen LogP contribution is -2.28. The number of nitrogens with zero attached hydrogens (tertiary/aromatic N) is 6. The van der Waals surface area contributed by atoms with Crippen molar-refractivity contribution in [3.05, 3.63) is 5.82 Å². The lowest BCUT2D eigenvalue weighted by Gasteiger charge is -2.16. The minimum atomic E-state index is -0.424. The number of tetrazole rings is 1. The third-order valence-corrected chi connectivity index (χ3v) is 1.91. The van der Waals surface area contributed by atoms with Gasteiger partial charge in [0.2, 0.25) is 0 Å². The van der Waals surface area contributed by atoms with Crippen LogP contribution in [0.25, 0.3) is 0 Å². The fraction of sp³-hybridized carbons (Fsp3) is 0.667. The SMILES string of the molecule is CC(C)(C1=NCN=N1)c1nn[nH]n1. The Morgan fingerprint density at radius 3 is 2.77 bits per heavy atom. The molecule has 2 heterocycles. The van der Waals surface area contributed by atoms with Crippen LogP contribution in [0.1, 0.15) is 19.7 Å². The lowest BCUT2D eigenvalue weighted by molar-refractivity contribution is 0.651. The molecule has 0 spiro atoms. The molecule has 0 saturated carbocycles. The monoisotopic (exact) mass is 179 g/mol. The van der Waals surface area contributed by atoms with Crippen LogP contribution in [0.5, 0.6) is 0 Å². The first-order valence-corrected chi connectivity index (χ1v) is 3.87. The molecule has 0 saturated heterocycles. The van der Waals surface area contributed by atoms with E-state index < -0.39 is 5.41 Å². The van der Waals surface area contributed by atoms with E-state index in [1.807, 2.05) is 13.8 Å². The summed E-state index contributed by atoms with van der Waals surface area (Å²) >= 11 is 0. The summed E-state index contributed by atoms with van der Waals surface area (Å²) in [6.45, 7) is 4.26. The van der Waals surface area contributed by atoms with Crippen LogP contribution in [0.4, 0.5) is 0 Å². The van der Waals surface area contributed by atoms with E-state index in [4.69, 9.17) is 0 Å². The number of aromatic nitrogens is 4. The maximum absolute atomic E-state index is 4.12. The standard InChI is InChI=1S/C6H9N7/c1-6(2,4-7-3-8-9-4)5-10-12-13-11-5/h3H2,1-2H3,(H,10,11,12,13). The van der Waals surface area contributed by atoms with Gasteiger partial charge in [-0.15, -0.1) is 15.3 Å². The fourth-order valence-electron chi connectivity index (χ4n) is 1.08. The van der Waals surface area contributed by atoms with Crippen LogP contribution >= 0.6 is 0 Å². The Bertz CT molecular complexity index is 347. The van der Waals surface area contributed by atoms with Gasteiger partial charge in [-0.1, -0.05) is 5.21 Å². The molecule has 1 aromatic rings. The molecule has 1 N–H and O–H groups in total. The van der Waals surface area contributed by atoms with Crippen LogP contribution in [0.2, 0.25) is 0 Å². The Morgan fingerprint density at radius 1 is 1.38 bits per heavy atom. The van der Waals surface area contributed by atoms with Crippen LogP contribution in [0.15, 0.2) is 15.2 Å². The van der Waals surface area contributed by atoms with E-state index in [1.165, 1.54) is 0 Å². The highest BCUT2D eigenvalue weighted by molar-refractivity contribution is 5.92. The van der Waals surface area contributed by atoms with E-state index in [0.29, 0.717) is 18.3 Å². The largest absolute Gasteiger partial charge is 0.242 e. The molecule has 7 heteroatoms. The number of aliphatic imine (C=N–C) groups is 1. The van der Waals surface area contributed by atoms with E-state index in [2.05, 4.69) is 35.8 Å². The summed E-state index contributed by atoms with van der Waals surface area (Å²) in [6.07, 6.45) is 0. The van der Waals surface area contributed by atoms with Crippen LogP contribution < -0.4 is 0 Å². The Labute approximate surface area is 74.4 Å². The molecule has 0 unspecified atom stereocenters. The molecule has 7 nitrogen and oxygen atoms in total. The first kappa shape index (κ1) is 7.96. The lowest BCUT2D eigenvalue weighted by atomic mass is 9.91. The molecule has 0 aromatic carbocycles. The van der Waals surface area contributed by atoms with Crippen molar-refractivity contribution >= 4 is 5.84 Å². The Balaban J connectivity index is 2.35. The van der Waals surface area contributed by atoms with Gasteiger partial charge in [0.1, 0.15) is 0 Å². The normalized spacial score (nSPS) is 16.3. The van der Waals surface area contributed by atoms with Crippen LogP contribution in [-0.4, -0.2) is 33.1 Å². The molecule has 1 aliphatic rings. The van der Waals surface area contributed by atoms with Gasteiger partial charge < -0.3 is 0 Å². The van der Waals surface area contributed by atoms with Crippen molar-refractivity contribution in [3.63, 3.8) is 0 Å². The average molecular weight is 179 g/mol. The number of H-pyrrole nitrogens is 1. The van der Waals surface area contributed by atoms with Crippen LogP contribution in [0.3, 0.4) is 0 Å². The van der Waals surface area contributed by atoms with Gasteiger partial charge in [-0.25, -0.2) is 4.99 Å². The third kappa shape index (κ3) is 1.21. The van der Waals surface area contributed by atoms with Gasteiger partial charge in [0, 0.05) is 0 Å². The van der Waals surface area contributed by atoms with Crippen molar-refractivity contribution in [1.29, 1.82) is 0 Å². The minimum Gasteiger partial charge on any atom is -0.242 e. The highest BCUT2D eigenvalue weighted by atomic mass is 15.5. The van der Waals surface area contributed by atoms with Crippen molar-refractivity contribution in [3.8, 4) is 0 Å². The predicted octanol–water partition coefficient (Wildman–Crippen LogP) is 0.299. The molecule has 1 aromatic heterocycles. The van der Waals surface area contributed by atoms with E-state index in [-0.39, 0.29) is 0 Å². The second kappa shape index (κ2) is 2.68. The number of hydrogen-bond donors (Lipinski definition) is 1. The summed E-state index contributed by atoms with van der Waals surface area (Å²) < 4.78 is 0. The first-order chi connectivity index (χ1) is 6.21. The predicted molar refractivity (Wildman–Crippen MR) is 44.4 cm³/mol. The molecule has 2 rings (SSSR count). The minimum absolute atomic E-state index is 0.399. The Hall–Kier alpha value is -1.66. The molecule has 0 radical (unpaired) electrons. The van der Waals surface area contributed by atoms with E-state index in [9.17, 15) is 0 Å². The van der Waals surface area contributed by atoms with Gasteiger partial charge >= 0.3 is 0 Å². The Kier molecular flexibility index (Phi) is 1.64. The number of aromatic amines is 1. The third-order valence-electron chi connectivity index (χ3n) is 1.91. The molecule has 0 fully saturated rings. The molecule has 1 aliphatic heterocycles. The first-order valence-electron chi connectivity index (χ1n) is 3.87. The van der Waals surface area contributed by atoms with Crippen molar-refractivity contribution in [2.75, 3.05) is 6.67 Å². The highest BCUT2D eigenvalue weighted by Gasteiger charge is 2.33. The maximum Gasteiger partial charge on any atom is 0.187 e. The smallest absolute Gasteiger partial charge is 0.187 e. The van der Waals surface area contributed by atoms with Gasteiger partial charge in [-0.3, -0.25) is 0 Å². The summed E-state index contributed by atoms with van der Waals surface area (Å²) in [4.78, 5) is 4.12. The van der Waals surface area contributed by atoms with Crippen molar-refractivity contribution in [1.82, 2.24) is 20.6 Å². The summed E-state index contributed by atoms with van der Waals surface area (Å²) in [6, 6.07) is 0. The van der Waals surface area contributed by atoms with E-state index >= 15 is 0 Å². The summed E-state index contributed by atoms with van der Waals surface area (Å²) in [5, 5.41) is 21.4. The highest BCUT2D eigenvalue weighted by Crippen LogP contribution is 2.23. The number of hydrogen-bond acceptors (Lipinski definition) is 6. The molecule has 0 amide bonds. The zero-order chi connectivity index (χ0) is 9.31. The van der Waals surface area contributed by atoms with Crippen molar-refractivity contribution in [2.45, 2.75) is 19.3 Å². The van der Waals surface area contributed by atoms with Gasteiger partial charge in [0.25, 0.3) is 0 Å². The quantitative estimate of drug-likeness (QED) is 0.707. The van der Waals surface area contributed by atoms with Crippen LogP contribution in [0, 0.1) is 0 Å². The zero-order valence-corrected chi connectivity index (χ0v) is 7.39.